The summed E-state index contributed by atoms with van der Waals surface area (Å²) in [5.74, 6) is 1.44. The number of aromatic nitrogens is 3. The highest BCUT2D eigenvalue weighted by Gasteiger charge is 2.28. The second-order valence-electron chi connectivity index (χ2n) is 13.2. The second kappa shape index (κ2) is 8.74. The molecule has 6 heteroatoms. The number of thiophene rings is 1. The van der Waals surface area contributed by atoms with Gasteiger partial charge in [0.1, 0.15) is 16.7 Å². The van der Waals surface area contributed by atoms with Crippen LogP contribution in [-0.4, -0.2) is 14.5 Å². The molecular formula is C44H21N3O2S. The van der Waals surface area contributed by atoms with Gasteiger partial charge in [-0.15, -0.1) is 11.3 Å². The van der Waals surface area contributed by atoms with Gasteiger partial charge in [0.25, 0.3) is 0 Å². The normalized spacial score (nSPS) is 12.8. The first-order chi connectivity index (χ1) is 24.8. The molecule has 0 saturated carbocycles. The molecule has 50 heavy (non-hydrogen) atoms. The van der Waals surface area contributed by atoms with Crippen molar-refractivity contribution in [2.75, 3.05) is 0 Å². The quantitative estimate of drug-likeness (QED) is 0.186. The molecule has 0 bridgehead atoms. The molecule has 5 nitrogen and oxygen atoms in total. The average Bonchev–Trinajstić information content (AvgIpc) is 3.90. The number of para-hydroxylation sites is 1. The minimum absolute atomic E-state index is 0.573. The van der Waals surface area contributed by atoms with Gasteiger partial charge in [-0.25, -0.2) is 4.98 Å². The molecule has 230 valence electrons. The molecule has 0 N–H and O–H groups in total. The van der Waals surface area contributed by atoms with Crippen LogP contribution in [0, 0.1) is 0 Å². The third kappa shape index (κ3) is 2.97. The molecule has 13 rings (SSSR count). The van der Waals surface area contributed by atoms with E-state index >= 15 is 0 Å². The number of hydrogen-bond acceptors (Lipinski definition) is 5. The molecule has 0 atom stereocenters. The molecular weight excluding hydrogens is 635 g/mol. The van der Waals surface area contributed by atoms with Crippen LogP contribution in [0.4, 0.5) is 0 Å². The fourth-order valence-electron chi connectivity index (χ4n) is 8.80. The van der Waals surface area contributed by atoms with Gasteiger partial charge in [-0.05, 0) is 64.4 Å². The van der Waals surface area contributed by atoms with E-state index in [0.717, 1.165) is 60.7 Å². The van der Waals surface area contributed by atoms with Gasteiger partial charge in [-0.2, -0.15) is 4.98 Å². The third-order valence-corrected chi connectivity index (χ3v) is 11.9. The fraction of sp³-hybridized carbons (Fsp3) is 0. The van der Waals surface area contributed by atoms with Crippen LogP contribution < -0.4 is 0 Å². The first kappa shape index (κ1) is 25.5. The number of benzene rings is 7. The zero-order chi connectivity index (χ0) is 32.2. The van der Waals surface area contributed by atoms with Crippen LogP contribution in [0.15, 0.2) is 136 Å². The van der Waals surface area contributed by atoms with Crippen LogP contribution >= 0.6 is 11.3 Å². The van der Waals surface area contributed by atoms with E-state index in [4.69, 9.17) is 18.8 Å². The second-order valence-corrected chi connectivity index (χ2v) is 14.3. The van der Waals surface area contributed by atoms with Crippen LogP contribution in [0.5, 0.6) is 0 Å². The fourth-order valence-corrected chi connectivity index (χ4v) is 9.93. The van der Waals surface area contributed by atoms with Gasteiger partial charge >= 0.3 is 0 Å². The smallest absolute Gasteiger partial charge is 0.233 e. The molecule has 0 saturated heterocycles. The Morgan fingerprint density at radius 1 is 0.440 bits per heavy atom. The van der Waals surface area contributed by atoms with E-state index in [0.29, 0.717) is 11.5 Å². The molecule has 0 amide bonds. The highest BCUT2D eigenvalue weighted by Crippen LogP contribution is 2.51. The lowest BCUT2D eigenvalue weighted by atomic mass is 9.95. The van der Waals surface area contributed by atoms with Crippen molar-refractivity contribution in [3.8, 4) is 28.3 Å². The van der Waals surface area contributed by atoms with E-state index < -0.39 is 0 Å². The summed E-state index contributed by atoms with van der Waals surface area (Å²) in [5.41, 5.74) is 8.73. The first-order valence-electron chi connectivity index (χ1n) is 16.7. The summed E-state index contributed by atoms with van der Waals surface area (Å²) in [4.78, 5) is 10.8. The number of rotatable bonds is 2. The Morgan fingerprint density at radius 2 is 1.14 bits per heavy atom. The van der Waals surface area contributed by atoms with E-state index in [9.17, 15) is 0 Å². The lowest BCUT2D eigenvalue weighted by Crippen LogP contribution is -2.02. The number of hydrogen-bond donors (Lipinski definition) is 0. The molecule has 7 aromatic carbocycles. The van der Waals surface area contributed by atoms with Crippen LogP contribution in [0.1, 0.15) is 0 Å². The molecule has 12 aromatic rings. The molecule has 0 radical (unpaired) electrons. The largest absolute Gasteiger partial charge is 0.456 e. The maximum atomic E-state index is 6.57. The topological polar surface area (TPSA) is 57.0 Å². The van der Waals surface area contributed by atoms with Crippen molar-refractivity contribution in [2.24, 2.45) is 0 Å². The van der Waals surface area contributed by atoms with Gasteiger partial charge in [0.05, 0.1) is 16.4 Å². The van der Waals surface area contributed by atoms with Crippen LogP contribution in [-0.2, 0) is 0 Å². The predicted octanol–water partition coefficient (Wildman–Crippen LogP) is 12.5. The maximum Gasteiger partial charge on any atom is 0.233 e. The van der Waals surface area contributed by atoms with Gasteiger partial charge in [-0.3, -0.25) is 4.57 Å². The summed E-state index contributed by atoms with van der Waals surface area (Å²) >= 11 is 1.80. The molecule has 1 aliphatic rings. The zero-order valence-corrected chi connectivity index (χ0v) is 27.0. The maximum absolute atomic E-state index is 6.57. The molecule has 5 heterocycles. The van der Waals surface area contributed by atoms with Gasteiger partial charge < -0.3 is 8.83 Å². The Balaban J connectivity index is 1.26. The Morgan fingerprint density at radius 3 is 2.08 bits per heavy atom. The number of fused-ring (bicyclic) bond motifs is 7. The molecule has 0 unspecified atom stereocenters. The molecule has 0 aliphatic heterocycles. The van der Waals surface area contributed by atoms with Crippen molar-refractivity contribution in [3.63, 3.8) is 0 Å². The van der Waals surface area contributed by atoms with E-state index in [1.807, 2.05) is 12.1 Å². The molecule has 1 aliphatic carbocycles. The standard InChI is InChI=1S/C44H21N3O2S/c1-3-14-30-25(9-1)38-43(45-42(46-44(38)49-30)27-13-7-17-34-36(27)26-10-2-4-16-33(26)50-34)47-28-19-18-22-8-5-11-23-24-12-6-15-31-37(24)41-32(48-31)21-20-29(47)40(41)39(28)35(22)23/h1-21H. The van der Waals surface area contributed by atoms with Crippen molar-refractivity contribution in [1.82, 2.24) is 14.5 Å². The van der Waals surface area contributed by atoms with Gasteiger partial charge in [0.2, 0.25) is 5.71 Å². The number of furan rings is 2. The van der Waals surface area contributed by atoms with E-state index in [1.165, 1.54) is 52.8 Å². The summed E-state index contributed by atoms with van der Waals surface area (Å²) in [6.45, 7) is 0. The SMILES string of the molecule is c1cc2c3c(c1)ccc1c3c3c4c(ccc3n1-c1nc(-c3cccc5sc6ccccc6c35)nc3oc5ccccc5c13)oc1cccc-2c14. The van der Waals surface area contributed by atoms with Crippen LogP contribution in [0.2, 0.25) is 0 Å². The molecule has 0 spiro atoms. The molecule has 5 aromatic heterocycles. The summed E-state index contributed by atoms with van der Waals surface area (Å²) in [6, 6.07) is 45.1. The van der Waals surface area contributed by atoms with Crippen molar-refractivity contribution in [1.29, 1.82) is 0 Å². The van der Waals surface area contributed by atoms with E-state index in [2.05, 4.69) is 120 Å². The first-order valence-corrected chi connectivity index (χ1v) is 17.6. The van der Waals surface area contributed by atoms with Crippen molar-refractivity contribution in [3.05, 3.63) is 127 Å². The van der Waals surface area contributed by atoms with Gasteiger partial charge in [0, 0.05) is 52.7 Å². The Labute approximate surface area is 286 Å². The average molecular weight is 656 g/mol. The van der Waals surface area contributed by atoms with Crippen LogP contribution in [0.3, 0.4) is 0 Å². The lowest BCUT2D eigenvalue weighted by Gasteiger charge is -2.13. The summed E-state index contributed by atoms with van der Waals surface area (Å²) < 4.78 is 17.9. The predicted molar refractivity (Wildman–Crippen MR) is 206 cm³/mol. The van der Waals surface area contributed by atoms with Gasteiger partial charge in [0.15, 0.2) is 11.6 Å². The number of nitrogens with zero attached hydrogens (tertiary/aromatic N) is 3. The highest BCUT2D eigenvalue weighted by molar-refractivity contribution is 7.25. The third-order valence-electron chi connectivity index (χ3n) is 10.8. The Hall–Kier alpha value is -6.50. The summed E-state index contributed by atoms with van der Waals surface area (Å²) in [5, 5.41) is 11.4. The van der Waals surface area contributed by atoms with Crippen molar-refractivity contribution in [2.45, 2.75) is 0 Å². The van der Waals surface area contributed by atoms with Gasteiger partial charge in [-0.1, -0.05) is 84.9 Å². The highest BCUT2D eigenvalue weighted by atomic mass is 32.1. The minimum atomic E-state index is 0.573. The zero-order valence-electron chi connectivity index (χ0n) is 26.2. The lowest BCUT2D eigenvalue weighted by molar-refractivity contribution is 0.653. The summed E-state index contributed by atoms with van der Waals surface area (Å²) in [6.07, 6.45) is 0. The van der Waals surface area contributed by atoms with E-state index in [-0.39, 0.29) is 0 Å². The van der Waals surface area contributed by atoms with E-state index in [1.54, 1.807) is 11.3 Å². The monoisotopic (exact) mass is 655 g/mol. The van der Waals surface area contributed by atoms with Crippen LogP contribution in [0.25, 0.3) is 125 Å². The minimum Gasteiger partial charge on any atom is -0.456 e. The van der Waals surface area contributed by atoms with Crippen molar-refractivity contribution >= 4 is 108 Å². The Bertz CT molecular complexity index is 3510. The molecule has 0 fully saturated rings. The van der Waals surface area contributed by atoms with Crippen molar-refractivity contribution < 1.29 is 8.83 Å². The Kier molecular flexibility index (Phi) is 4.46. The summed E-state index contributed by atoms with van der Waals surface area (Å²) in [7, 11) is 0.